The largest absolute Gasteiger partial charge is 0.254 e. The summed E-state index contributed by atoms with van der Waals surface area (Å²) in [5.74, 6) is 0.501. The van der Waals surface area contributed by atoms with Gasteiger partial charge in [0.25, 0.3) is 0 Å². The summed E-state index contributed by atoms with van der Waals surface area (Å²) in [5, 5.41) is 9.73. The molecule has 0 aliphatic heterocycles. The van der Waals surface area contributed by atoms with E-state index in [-0.39, 0.29) is 5.41 Å². The van der Waals surface area contributed by atoms with Crippen molar-refractivity contribution >= 4 is 34.0 Å². The number of halogens is 2. The third-order valence-electron chi connectivity index (χ3n) is 2.99. The van der Waals surface area contributed by atoms with E-state index in [1.54, 1.807) is 18.2 Å². The minimum absolute atomic E-state index is 0.0503. The maximum absolute atomic E-state index is 12.2. The van der Waals surface area contributed by atoms with Crippen LogP contribution in [0.1, 0.15) is 19.3 Å². The molecular formula is C12H11Cl2NOS. The number of hydrogen-bond donors (Lipinski definition) is 0. The van der Waals surface area contributed by atoms with E-state index in [1.165, 1.54) is 0 Å². The van der Waals surface area contributed by atoms with Crippen molar-refractivity contribution in [2.24, 2.45) is 5.41 Å². The Labute approximate surface area is 113 Å². The maximum Gasteiger partial charge on any atom is 0.0627 e. The topological polar surface area (TPSA) is 40.9 Å². The molecular weight excluding hydrogens is 277 g/mol. The van der Waals surface area contributed by atoms with E-state index in [0.717, 1.165) is 12.8 Å². The Morgan fingerprint density at radius 2 is 2.12 bits per heavy atom. The van der Waals surface area contributed by atoms with Crippen LogP contribution in [0.5, 0.6) is 0 Å². The van der Waals surface area contributed by atoms with Gasteiger partial charge in [0.05, 0.1) is 26.8 Å². The third-order valence-corrected chi connectivity index (χ3v) is 5.37. The fourth-order valence-electron chi connectivity index (χ4n) is 1.72. The molecule has 0 aromatic heterocycles. The molecule has 1 aliphatic carbocycles. The first-order valence-corrected chi connectivity index (χ1v) is 7.34. The Hall–Kier alpha value is -0.560. The molecule has 5 heteroatoms. The lowest BCUT2D eigenvalue weighted by Gasteiger charge is -2.11. The number of benzene rings is 1. The Kier molecular flexibility index (Phi) is 3.77. The normalized spacial score (nSPS) is 18.4. The molecule has 1 unspecified atom stereocenters. The van der Waals surface area contributed by atoms with Gasteiger partial charge in [-0.25, -0.2) is 0 Å². The minimum Gasteiger partial charge on any atom is -0.254 e. The number of hydrogen-bond acceptors (Lipinski definition) is 2. The monoisotopic (exact) mass is 287 g/mol. The van der Waals surface area contributed by atoms with Crippen LogP contribution in [-0.4, -0.2) is 9.96 Å². The molecule has 0 N–H and O–H groups in total. The van der Waals surface area contributed by atoms with Gasteiger partial charge in [-0.15, -0.1) is 0 Å². The van der Waals surface area contributed by atoms with Crippen LogP contribution in [0.15, 0.2) is 23.1 Å². The zero-order chi connectivity index (χ0) is 12.5. The van der Waals surface area contributed by atoms with E-state index in [9.17, 15) is 4.21 Å². The van der Waals surface area contributed by atoms with E-state index in [2.05, 4.69) is 6.07 Å². The van der Waals surface area contributed by atoms with Gasteiger partial charge in [-0.2, -0.15) is 5.26 Å². The zero-order valence-corrected chi connectivity index (χ0v) is 11.4. The van der Waals surface area contributed by atoms with Gasteiger partial charge >= 0.3 is 0 Å². The Balaban J connectivity index is 2.15. The van der Waals surface area contributed by atoms with Crippen LogP contribution in [-0.2, 0) is 10.8 Å². The summed E-state index contributed by atoms with van der Waals surface area (Å²) in [6.07, 6.45) is 2.42. The van der Waals surface area contributed by atoms with Crippen molar-refractivity contribution < 1.29 is 4.21 Å². The first-order valence-electron chi connectivity index (χ1n) is 5.27. The number of rotatable bonds is 4. The van der Waals surface area contributed by atoms with E-state index in [1.807, 2.05) is 0 Å². The average molecular weight is 288 g/mol. The fourth-order valence-corrected chi connectivity index (χ4v) is 3.98. The van der Waals surface area contributed by atoms with Crippen LogP contribution in [0.4, 0.5) is 0 Å². The second-order valence-electron chi connectivity index (χ2n) is 4.40. The molecule has 1 aliphatic rings. The molecule has 1 aromatic rings. The van der Waals surface area contributed by atoms with Crippen molar-refractivity contribution in [1.29, 1.82) is 5.26 Å². The van der Waals surface area contributed by atoms with Crippen LogP contribution < -0.4 is 0 Å². The van der Waals surface area contributed by atoms with Crippen molar-refractivity contribution in [2.45, 2.75) is 24.2 Å². The van der Waals surface area contributed by atoms with Crippen LogP contribution in [0.25, 0.3) is 0 Å². The summed E-state index contributed by atoms with van der Waals surface area (Å²) in [5.41, 5.74) is -0.0503. The summed E-state index contributed by atoms with van der Waals surface area (Å²) in [4.78, 5) is 0.573. The van der Waals surface area contributed by atoms with Gasteiger partial charge in [-0.05, 0) is 36.5 Å². The highest BCUT2D eigenvalue weighted by Gasteiger charge is 2.44. The molecule has 0 radical (unpaired) electrons. The summed E-state index contributed by atoms with van der Waals surface area (Å²) in [6, 6.07) is 7.13. The van der Waals surface area contributed by atoms with Crippen LogP contribution in [0, 0.1) is 16.7 Å². The van der Waals surface area contributed by atoms with Crippen molar-refractivity contribution in [2.75, 3.05) is 5.75 Å². The summed E-state index contributed by atoms with van der Waals surface area (Å²) in [7, 11) is -1.18. The molecule has 90 valence electrons. The molecule has 1 atom stereocenters. The first-order chi connectivity index (χ1) is 8.06. The van der Waals surface area contributed by atoms with Gasteiger partial charge < -0.3 is 0 Å². The highest BCUT2D eigenvalue weighted by molar-refractivity contribution is 7.85. The highest BCUT2D eigenvalue weighted by Crippen LogP contribution is 2.49. The Morgan fingerprint density at radius 1 is 1.41 bits per heavy atom. The molecule has 1 fully saturated rings. The predicted molar refractivity (Wildman–Crippen MR) is 69.6 cm³/mol. The molecule has 17 heavy (non-hydrogen) atoms. The van der Waals surface area contributed by atoms with E-state index >= 15 is 0 Å². The Morgan fingerprint density at radius 3 is 2.71 bits per heavy atom. The SMILES string of the molecule is N#CCC1(CS(=O)c2cc(Cl)ccc2Cl)CC1. The van der Waals surface area contributed by atoms with Gasteiger partial charge in [0, 0.05) is 17.2 Å². The molecule has 0 spiro atoms. The maximum atomic E-state index is 12.2. The quantitative estimate of drug-likeness (QED) is 0.845. The fraction of sp³-hybridized carbons (Fsp3) is 0.417. The summed E-state index contributed by atoms with van der Waals surface area (Å²) < 4.78 is 12.2. The third kappa shape index (κ3) is 3.01. The second-order valence-corrected chi connectivity index (χ2v) is 6.66. The van der Waals surface area contributed by atoms with Gasteiger partial charge in [0.2, 0.25) is 0 Å². The first kappa shape index (κ1) is 12.9. The molecule has 1 saturated carbocycles. The molecule has 0 amide bonds. The Bertz CT molecular complexity index is 506. The van der Waals surface area contributed by atoms with Gasteiger partial charge in [0.15, 0.2) is 0 Å². The molecule has 2 rings (SSSR count). The van der Waals surface area contributed by atoms with Gasteiger partial charge in [0.1, 0.15) is 0 Å². The lowest BCUT2D eigenvalue weighted by atomic mass is 10.1. The smallest absolute Gasteiger partial charge is 0.0627 e. The lowest BCUT2D eigenvalue weighted by Crippen LogP contribution is -2.12. The number of nitrogens with zero attached hydrogens (tertiary/aromatic N) is 1. The molecule has 0 bridgehead atoms. The van der Waals surface area contributed by atoms with Crippen molar-refractivity contribution in [3.63, 3.8) is 0 Å². The molecule has 1 aromatic carbocycles. The average Bonchev–Trinajstić information content (AvgIpc) is 3.02. The van der Waals surface area contributed by atoms with Crippen molar-refractivity contribution in [3.05, 3.63) is 28.2 Å². The molecule has 2 nitrogen and oxygen atoms in total. The minimum atomic E-state index is -1.18. The van der Waals surface area contributed by atoms with E-state index < -0.39 is 10.8 Å². The van der Waals surface area contributed by atoms with Gasteiger partial charge in [-0.1, -0.05) is 23.2 Å². The van der Waals surface area contributed by atoms with Crippen molar-refractivity contribution in [3.8, 4) is 6.07 Å². The second kappa shape index (κ2) is 4.97. The zero-order valence-electron chi connectivity index (χ0n) is 9.08. The number of nitriles is 1. The van der Waals surface area contributed by atoms with Crippen molar-refractivity contribution in [1.82, 2.24) is 0 Å². The summed E-state index contributed by atoms with van der Waals surface area (Å²) >= 11 is 11.9. The van der Waals surface area contributed by atoms with E-state index in [4.69, 9.17) is 28.5 Å². The lowest BCUT2D eigenvalue weighted by molar-refractivity contribution is 0.587. The van der Waals surface area contributed by atoms with E-state index in [0.29, 0.717) is 27.1 Å². The predicted octanol–water partition coefficient (Wildman–Crippen LogP) is 3.79. The molecule has 0 heterocycles. The van der Waals surface area contributed by atoms with Crippen LogP contribution in [0.2, 0.25) is 10.0 Å². The summed E-state index contributed by atoms with van der Waals surface area (Å²) in [6.45, 7) is 0. The highest BCUT2D eigenvalue weighted by atomic mass is 35.5. The van der Waals surface area contributed by atoms with Gasteiger partial charge in [-0.3, -0.25) is 4.21 Å². The molecule has 0 saturated heterocycles. The van der Waals surface area contributed by atoms with Crippen LogP contribution >= 0.6 is 23.2 Å². The van der Waals surface area contributed by atoms with Crippen LogP contribution in [0.3, 0.4) is 0 Å². The standard InChI is InChI=1S/C12H11Cl2NOS/c13-9-1-2-10(14)11(7-9)17(16)8-12(3-4-12)5-6-15/h1-2,7H,3-5,8H2.